The summed E-state index contributed by atoms with van der Waals surface area (Å²) in [5, 5.41) is 2.86. The maximum atomic E-state index is 12.2. The first kappa shape index (κ1) is 13.1. The molecular weight excluding hydrogens is 270 g/mol. The third-order valence-corrected chi connectivity index (χ3v) is 4.75. The molecule has 0 radical (unpaired) electrons. The summed E-state index contributed by atoms with van der Waals surface area (Å²) in [4.78, 5) is 18.4. The highest BCUT2D eigenvalue weighted by atomic mass is 32.1. The van der Waals surface area contributed by atoms with E-state index in [1.807, 2.05) is 6.07 Å². The molecule has 0 spiro atoms. The van der Waals surface area contributed by atoms with Crippen LogP contribution in [0.2, 0.25) is 0 Å². The van der Waals surface area contributed by atoms with Crippen molar-refractivity contribution in [1.29, 1.82) is 0 Å². The molecule has 0 aromatic carbocycles. The molecule has 2 heterocycles. The van der Waals surface area contributed by atoms with Crippen molar-refractivity contribution in [2.45, 2.75) is 32.1 Å². The lowest BCUT2D eigenvalue weighted by Gasteiger charge is -2.03. The normalized spacial score (nSPS) is 14.4. The molecule has 0 saturated carbocycles. The van der Waals surface area contributed by atoms with Crippen LogP contribution in [-0.4, -0.2) is 10.9 Å². The molecule has 20 heavy (non-hydrogen) atoms. The highest BCUT2D eigenvalue weighted by molar-refractivity contribution is 7.14. The molecule has 0 bridgehead atoms. The van der Waals surface area contributed by atoms with Crippen LogP contribution in [0.5, 0.6) is 0 Å². The second-order valence-corrected chi connectivity index (χ2v) is 6.18. The van der Waals surface area contributed by atoms with Gasteiger partial charge >= 0.3 is 0 Å². The van der Waals surface area contributed by atoms with E-state index in [0.29, 0.717) is 11.5 Å². The lowest BCUT2D eigenvalue weighted by Crippen LogP contribution is -2.10. The minimum absolute atomic E-state index is 0.0605. The second-order valence-electron chi connectivity index (χ2n) is 5.05. The maximum Gasteiger partial charge on any atom is 0.265 e. The van der Waals surface area contributed by atoms with Gasteiger partial charge in [-0.05, 0) is 49.4 Å². The zero-order chi connectivity index (χ0) is 13.9. The third-order valence-electron chi connectivity index (χ3n) is 3.51. The van der Waals surface area contributed by atoms with Gasteiger partial charge in [-0.25, -0.2) is 4.98 Å². The van der Waals surface area contributed by atoms with Crippen LogP contribution in [0, 0.1) is 0 Å². The zero-order valence-corrected chi connectivity index (χ0v) is 12.0. The summed E-state index contributed by atoms with van der Waals surface area (Å²) in [5.74, 6) is 0.389. The number of amides is 1. The summed E-state index contributed by atoms with van der Waals surface area (Å²) in [6, 6.07) is 5.49. The van der Waals surface area contributed by atoms with E-state index < -0.39 is 0 Å². The van der Waals surface area contributed by atoms with E-state index in [0.717, 1.165) is 17.7 Å². The Kier molecular flexibility index (Phi) is 3.69. The minimum Gasteiger partial charge on any atom is -0.384 e. The van der Waals surface area contributed by atoms with Crippen molar-refractivity contribution in [2.75, 3.05) is 11.1 Å². The summed E-state index contributed by atoms with van der Waals surface area (Å²) in [5.41, 5.74) is 7.56. The van der Waals surface area contributed by atoms with Gasteiger partial charge in [0.25, 0.3) is 5.91 Å². The Morgan fingerprint density at radius 2 is 2.10 bits per heavy atom. The predicted octanol–water partition coefficient (Wildman–Crippen LogP) is 3.25. The Morgan fingerprint density at radius 3 is 2.90 bits per heavy atom. The number of aryl methyl sites for hydroxylation is 2. The molecule has 0 saturated heterocycles. The number of fused-ring (bicyclic) bond motifs is 1. The number of anilines is 2. The van der Waals surface area contributed by atoms with Crippen LogP contribution in [0.4, 0.5) is 11.5 Å². The minimum atomic E-state index is -0.0605. The molecule has 1 aliphatic carbocycles. The number of carbonyl (C=O) groups excluding carboxylic acids is 1. The van der Waals surface area contributed by atoms with Crippen molar-refractivity contribution < 1.29 is 4.79 Å². The van der Waals surface area contributed by atoms with Crippen LogP contribution < -0.4 is 11.1 Å². The monoisotopic (exact) mass is 287 g/mol. The maximum absolute atomic E-state index is 12.2. The zero-order valence-electron chi connectivity index (χ0n) is 11.2. The molecule has 0 fully saturated rings. The van der Waals surface area contributed by atoms with Gasteiger partial charge in [-0.1, -0.05) is 6.42 Å². The van der Waals surface area contributed by atoms with E-state index in [-0.39, 0.29) is 5.91 Å². The SMILES string of the molecule is Nc1ccc(NC(=O)c2cc3c(s2)CCCCC3)cn1. The molecule has 0 aliphatic heterocycles. The smallest absolute Gasteiger partial charge is 0.265 e. The highest BCUT2D eigenvalue weighted by Gasteiger charge is 2.16. The number of rotatable bonds is 2. The Morgan fingerprint density at radius 1 is 1.25 bits per heavy atom. The van der Waals surface area contributed by atoms with Crippen molar-refractivity contribution in [3.05, 3.63) is 39.7 Å². The van der Waals surface area contributed by atoms with Gasteiger partial charge in [0.05, 0.1) is 16.8 Å². The Bertz CT molecular complexity index is 595. The molecule has 3 N–H and O–H groups in total. The van der Waals surface area contributed by atoms with Crippen LogP contribution in [0.25, 0.3) is 0 Å². The molecule has 2 aromatic rings. The molecule has 5 heteroatoms. The van der Waals surface area contributed by atoms with Gasteiger partial charge < -0.3 is 11.1 Å². The van der Waals surface area contributed by atoms with Crippen molar-refractivity contribution in [3.63, 3.8) is 0 Å². The molecule has 1 amide bonds. The van der Waals surface area contributed by atoms with Gasteiger partial charge in [0.1, 0.15) is 5.82 Å². The number of nitrogens with two attached hydrogens (primary N) is 1. The van der Waals surface area contributed by atoms with E-state index in [9.17, 15) is 4.79 Å². The molecule has 4 nitrogen and oxygen atoms in total. The molecule has 0 unspecified atom stereocenters. The fourth-order valence-corrected chi connectivity index (χ4v) is 3.60. The van der Waals surface area contributed by atoms with Crippen molar-refractivity contribution in [3.8, 4) is 0 Å². The fraction of sp³-hybridized carbons (Fsp3) is 0.333. The van der Waals surface area contributed by atoms with E-state index >= 15 is 0 Å². The number of hydrogen-bond donors (Lipinski definition) is 2. The number of nitrogen functional groups attached to an aromatic ring is 1. The fourth-order valence-electron chi connectivity index (χ4n) is 2.45. The van der Waals surface area contributed by atoms with Crippen LogP contribution >= 0.6 is 11.3 Å². The molecular formula is C15H17N3OS. The number of aromatic nitrogens is 1. The van der Waals surface area contributed by atoms with Crippen LogP contribution in [0.15, 0.2) is 24.4 Å². The Hall–Kier alpha value is -1.88. The first-order valence-corrected chi connectivity index (χ1v) is 7.68. The quantitative estimate of drug-likeness (QED) is 0.833. The molecule has 2 aromatic heterocycles. The summed E-state index contributed by atoms with van der Waals surface area (Å²) in [6.07, 6.45) is 7.54. The van der Waals surface area contributed by atoms with Gasteiger partial charge in [0, 0.05) is 4.88 Å². The van der Waals surface area contributed by atoms with E-state index in [1.54, 1.807) is 29.7 Å². The number of nitrogens with zero attached hydrogens (tertiary/aromatic N) is 1. The predicted molar refractivity (Wildman–Crippen MR) is 82.2 cm³/mol. The van der Waals surface area contributed by atoms with Crippen LogP contribution in [0.3, 0.4) is 0 Å². The molecule has 1 aliphatic rings. The topological polar surface area (TPSA) is 68.0 Å². The van der Waals surface area contributed by atoms with E-state index in [4.69, 9.17) is 5.73 Å². The number of thiophene rings is 1. The summed E-state index contributed by atoms with van der Waals surface area (Å²) >= 11 is 1.62. The van der Waals surface area contributed by atoms with Gasteiger partial charge in [0.15, 0.2) is 0 Å². The molecule has 104 valence electrons. The largest absolute Gasteiger partial charge is 0.384 e. The van der Waals surface area contributed by atoms with Gasteiger partial charge in [-0.2, -0.15) is 0 Å². The van der Waals surface area contributed by atoms with Gasteiger partial charge in [-0.15, -0.1) is 11.3 Å². The Balaban J connectivity index is 1.75. The summed E-state index contributed by atoms with van der Waals surface area (Å²) in [6.45, 7) is 0. The first-order chi connectivity index (χ1) is 9.72. The summed E-state index contributed by atoms with van der Waals surface area (Å²) < 4.78 is 0. The lowest BCUT2D eigenvalue weighted by molar-refractivity contribution is 0.103. The second kappa shape index (κ2) is 5.63. The first-order valence-electron chi connectivity index (χ1n) is 6.87. The van der Waals surface area contributed by atoms with Crippen LogP contribution in [0.1, 0.15) is 39.4 Å². The standard InChI is InChI=1S/C15H17N3OS/c16-14-7-6-11(9-17-14)18-15(19)13-8-10-4-2-1-3-5-12(10)20-13/h6-9H,1-5H2,(H2,16,17)(H,18,19). The van der Waals surface area contributed by atoms with Crippen molar-refractivity contribution in [2.24, 2.45) is 0 Å². The number of hydrogen-bond acceptors (Lipinski definition) is 4. The molecule has 0 atom stereocenters. The van der Waals surface area contributed by atoms with Crippen LogP contribution in [-0.2, 0) is 12.8 Å². The average molecular weight is 287 g/mol. The summed E-state index contributed by atoms with van der Waals surface area (Å²) in [7, 11) is 0. The molecule has 3 rings (SSSR count). The lowest BCUT2D eigenvalue weighted by atomic mass is 10.1. The highest BCUT2D eigenvalue weighted by Crippen LogP contribution is 2.29. The average Bonchev–Trinajstić information content (AvgIpc) is 2.73. The van der Waals surface area contributed by atoms with E-state index in [1.165, 1.54) is 29.7 Å². The number of pyridine rings is 1. The van der Waals surface area contributed by atoms with Gasteiger partial charge in [0.2, 0.25) is 0 Å². The van der Waals surface area contributed by atoms with Crippen molar-refractivity contribution in [1.82, 2.24) is 4.98 Å². The number of carbonyl (C=O) groups is 1. The van der Waals surface area contributed by atoms with Gasteiger partial charge in [-0.3, -0.25) is 4.79 Å². The number of nitrogens with one attached hydrogen (secondary N) is 1. The third kappa shape index (κ3) is 2.82. The van der Waals surface area contributed by atoms with Crippen molar-refractivity contribution >= 4 is 28.7 Å². The Labute approximate surface area is 122 Å². The van der Waals surface area contributed by atoms with E-state index in [2.05, 4.69) is 10.3 Å².